The summed E-state index contributed by atoms with van der Waals surface area (Å²) in [5.41, 5.74) is -0.797. The summed E-state index contributed by atoms with van der Waals surface area (Å²) in [7, 11) is 0. The molecule has 0 aliphatic heterocycles. The molecule has 0 spiro atoms. The number of hydrogen-bond donors (Lipinski definition) is 3. The molecule has 2 rings (SSSR count). The van der Waals surface area contributed by atoms with Gasteiger partial charge in [0.2, 0.25) is 5.91 Å². The van der Waals surface area contributed by atoms with Gasteiger partial charge in [0.25, 0.3) is 5.56 Å². The molecule has 0 aliphatic rings. The molecule has 8 heteroatoms. The molecule has 1 amide bonds. The molecule has 0 saturated carbocycles. The summed E-state index contributed by atoms with van der Waals surface area (Å²) in [6.07, 6.45) is 0.196. The maximum atomic E-state index is 12.3. The highest BCUT2D eigenvalue weighted by atomic mass is 16.4. The maximum absolute atomic E-state index is 12.3. The van der Waals surface area contributed by atoms with E-state index in [0.717, 1.165) is 4.57 Å². The number of hydrogen-bond acceptors (Lipinski definition) is 4. The van der Waals surface area contributed by atoms with Crippen LogP contribution in [0, 0.1) is 0 Å². The monoisotopic (exact) mass is 319 g/mol. The van der Waals surface area contributed by atoms with Crippen LogP contribution in [0.5, 0.6) is 0 Å². The molecule has 0 radical (unpaired) electrons. The van der Waals surface area contributed by atoms with Crippen LogP contribution in [0.2, 0.25) is 0 Å². The average molecular weight is 319 g/mol. The summed E-state index contributed by atoms with van der Waals surface area (Å²) in [4.78, 5) is 49.2. The Morgan fingerprint density at radius 3 is 2.70 bits per heavy atom. The van der Waals surface area contributed by atoms with Gasteiger partial charge in [-0.25, -0.2) is 4.79 Å². The van der Waals surface area contributed by atoms with Gasteiger partial charge in [0.1, 0.15) is 6.54 Å². The average Bonchev–Trinajstić information content (AvgIpc) is 2.49. The van der Waals surface area contributed by atoms with Crippen molar-refractivity contribution in [1.29, 1.82) is 0 Å². The molecular formula is C15H17N3O5. The van der Waals surface area contributed by atoms with Crippen molar-refractivity contribution in [2.75, 3.05) is 0 Å². The van der Waals surface area contributed by atoms with Crippen molar-refractivity contribution < 1.29 is 14.7 Å². The normalized spacial score (nSPS) is 12.0. The number of carbonyl (C=O) groups is 2. The Balaban J connectivity index is 2.15. The summed E-state index contributed by atoms with van der Waals surface area (Å²) in [6, 6.07) is 6.17. The third-order valence-corrected chi connectivity index (χ3v) is 3.39. The highest BCUT2D eigenvalue weighted by Crippen LogP contribution is 2.03. The minimum absolute atomic E-state index is 0.0715. The highest BCUT2D eigenvalue weighted by molar-refractivity contribution is 5.79. The number of nitrogens with one attached hydrogen (secondary N) is 2. The number of carbonyl (C=O) groups excluding carboxylic acids is 1. The number of amides is 1. The summed E-state index contributed by atoms with van der Waals surface area (Å²) in [5, 5.41) is 11.5. The van der Waals surface area contributed by atoms with E-state index >= 15 is 0 Å². The van der Waals surface area contributed by atoms with Gasteiger partial charge in [0, 0.05) is 12.5 Å². The van der Waals surface area contributed by atoms with Crippen molar-refractivity contribution in [2.24, 2.45) is 0 Å². The van der Waals surface area contributed by atoms with Crippen molar-refractivity contribution >= 4 is 22.8 Å². The number of carboxylic acid groups (broad SMARTS) is 1. The van der Waals surface area contributed by atoms with Gasteiger partial charge in [-0.15, -0.1) is 0 Å². The molecule has 1 heterocycles. The molecule has 0 fully saturated rings. The van der Waals surface area contributed by atoms with Gasteiger partial charge in [-0.2, -0.15) is 0 Å². The van der Waals surface area contributed by atoms with Crippen molar-refractivity contribution in [2.45, 2.75) is 32.4 Å². The fourth-order valence-electron chi connectivity index (χ4n) is 2.22. The fraction of sp³-hybridized carbons (Fsp3) is 0.333. The molecule has 23 heavy (non-hydrogen) atoms. The van der Waals surface area contributed by atoms with Gasteiger partial charge in [0.15, 0.2) is 0 Å². The van der Waals surface area contributed by atoms with Crippen molar-refractivity contribution in [3.8, 4) is 0 Å². The van der Waals surface area contributed by atoms with Crippen molar-refractivity contribution in [3.63, 3.8) is 0 Å². The second kappa shape index (κ2) is 6.91. The largest absolute Gasteiger partial charge is 0.481 e. The second-order valence-corrected chi connectivity index (χ2v) is 5.27. The topological polar surface area (TPSA) is 121 Å². The molecule has 1 aromatic heterocycles. The Labute approximate surface area is 130 Å². The number of aliphatic carboxylic acids is 1. The van der Waals surface area contributed by atoms with Crippen LogP contribution in [0.25, 0.3) is 10.9 Å². The number of fused-ring (bicyclic) bond motifs is 1. The molecule has 0 saturated heterocycles. The lowest BCUT2D eigenvalue weighted by Gasteiger charge is -2.13. The number of benzene rings is 1. The van der Waals surface area contributed by atoms with E-state index in [2.05, 4.69) is 10.3 Å². The van der Waals surface area contributed by atoms with Crippen LogP contribution in [-0.2, 0) is 16.1 Å². The molecule has 1 atom stereocenters. The second-order valence-electron chi connectivity index (χ2n) is 5.27. The van der Waals surface area contributed by atoms with E-state index in [-0.39, 0.29) is 18.9 Å². The van der Waals surface area contributed by atoms with E-state index in [1.54, 1.807) is 31.2 Å². The molecule has 0 aliphatic carbocycles. The van der Waals surface area contributed by atoms with Crippen LogP contribution in [0.15, 0.2) is 33.9 Å². The number of carboxylic acids is 1. The number of para-hydroxylation sites is 1. The molecule has 0 bridgehead atoms. The van der Waals surface area contributed by atoms with Gasteiger partial charge >= 0.3 is 11.7 Å². The van der Waals surface area contributed by atoms with E-state index in [9.17, 15) is 19.2 Å². The molecule has 122 valence electrons. The van der Waals surface area contributed by atoms with Crippen molar-refractivity contribution in [3.05, 3.63) is 45.1 Å². The minimum atomic E-state index is -0.951. The molecular weight excluding hydrogens is 302 g/mol. The van der Waals surface area contributed by atoms with Crippen LogP contribution in [-0.4, -0.2) is 32.6 Å². The van der Waals surface area contributed by atoms with Crippen LogP contribution in [0.1, 0.15) is 19.8 Å². The number of aromatic amines is 1. The molecule has 3 N–H and O–H groups in total. The summed E-state index contributed by atoms with van der Waals surface area (Å²) < 4.78 is 0.821. The van der Waals surface area contributed by atoms with Crippen molar-refractivity contribution in [1.82, 2.24) is 14.9 Å². The van der Waals surface area contributed by atoms with Gasteiger partial charge in [0.05, 0.1) is 10.9 Å². The van der Waals surface area contributed by atoms with Crippen LogP contribution >= 0.6 is 0 Å². The summed E-state index contributed by atoms with van der Waals surface area (Å²) in [6.45, 7) is 1.24. The first kappa shape index (κ1) is 16.5. The lowest BCUT2D eigenvalue weighted by atomic mass is 10.2. The number of rotatable bonds is 6. The highest BCUT2D eigenvalue weighted by Gasteiger charge is 2.13. The fourth-order valence-corrected chi connectivity index (χ4v) is 2.22. The molecule has 1 aromatic carbocycles. The van der Waals surface area contributed by atoms with Gasteiger partial charge in [-0.3, -0.25) is 19.0 Å². The van der Waals surface area contributed by atoms with E-state index in [0.29, 0.717) is 10.9 Å². The maximum Gasteiger partial charge on any atom is 0.329 e. The third kappa shape index (κ3) is 4.06. The standard InChI is InChI=1S/C15H17N3O5/c1-9(6-7-13(20)21)16-12(19)8-18-14(22)10-4-2-3-5-11(10)17-15(18)23/h2-5,9H,6-8H2,1H3,(H,16,19)(H,17,23)(H,20,21). The van der Waals surface area contributed by atoms with E-state index in [1.807, 2.05) is 0 Å². The molecule has 2 aromatic rings. The van der Waals surface area contributed by atoms with E-state index in [1.165, 1.54) is 0 Å². The predicted octanol–water partition coefficient (Wildman–Crippen LogP) is 0.0593. The lowest BCUT2D eigenvalue weighted by molar-refractivity contribution is -0.137. The lowest BCUT2D eigenvalue weighted by Crippen LogP contribution is -2.42. The SMILES string of the molecule is CC(CCC(=O)O)NC(=O)Cn1c(=O)[nH]c2ccccc2c1=O. The Hall–Kier alpha value is -2.90. The Morgan fingerprint density at radius 1 is 1.30 bits per heavy atom. The minimum Gasteiger partial charge on any atom is -0.481 e. The van der Waals surface area contributed by atoms with Gasteiger partial charge in [-0.05, 0) is 25.5 Å². The van der Waals surface area contributed by atoms with Crippen LogP contribution < -0.4 is 16.6 Å². The number of aromatic nitrogens is 2. The molecule has 1 unspecified atom stereocenters. The zero-order chi connectivity index (χ0) is 17.0. The first-order valence-electron chi connectivity index (χ1n) is 7.11. The first-order valence-corrected chi connectivity index (χ1v) is 7.11. The van der Waals surface area contributed by atoms with Gasteiger partial charge in [-0.1, -0.05) is 12.1 Å². The third-order valence-electron chi connectivity index (χ3n) is 3.39. The first-order chi connectivity index (χ1) is 10.9. The molecule has 8 nitrogen and oxygen atoms in total. The summed E-state index contributed by atoms with van der Waals surface area (Å²) >= 11 is 0. The quantitative estimate of drug-likeness (QED) is 0.695. The Morgan fingerprint density at radius 2 is 2.00 bits per heavy atom. The van der Waals surface area contributed by atoms with E-state index in [4.69, 9.17) is 5.11 Å². The Kier molecular flexibility index (Phi) is 4.95. The number of H-pyrrole nitrogens is 1. The van der Waals surface area contributed by atoms with Crippen LogP contribution in [0.3, 0.4) is 0 Å². The predicted molar refractivity (Wildman–Crippen MR) is 83.3 cm³/mol. The Bertz CT molecular complexity index is 852. The smallest absolute Gasteiger partial charge is 0.329 e. The zero-order valence-corrected chi connectivity index (χ0v) is 12.5. The van der Waals surface area contributed by atoms with Crippen LogP contribution in [0.4, 0.5) is 0 Å². The summed E-state index contributed by atoms with van der Waals surface area (Å²) in [5.74, 6) is -1.47. The van der Waals surface area contributed by atoms with Gasteiger partial charge < -0.3 is 15.4 Å². The van der Waals surface area contributed by atoms with E-state index < -0.39 is 29.7 Å². The zero-order valence-electron chi connectivity index (χ0n) is 12.5. The number of nitrogens with zero attached hydrogens (tertiary/aromatic N) is 1.